The first kappa shape index (κ1) is 21.1. The maximum absolute atomic E-state index is 13.0. The Hall–Kier alpha value is -3.19. The van der Waals surface area contributed by atoms with Gasteiger partial charge in [0.2, 0.25) is 0 Å². The van der Waals surface area contributed by atoms with Crippen LogP contribution in [0.1, 0.15) is 39.1 Å². The predicted molar refractivity (Wildman–Crippen MR) is 117 cm³/mol. The minimum atomic E-state index is -0.318. The molecule has 0 bridgehead atoms. The van der Waals surface area contributed by atoms with Crippen molar-refractivity contribution in [2.24, 2.45) is 0 Å². The lowest BCUT2D eigenvalue weighted by molar-refractivity contribution is 0.0304. The van der Waals surface area contributed by atoms with Crippen molar-refractivity contribution in [1.29, 1.82) is 0 Å². The molecule has 0 spiro atoms. The topological polar surface area (TPSA) is 73.7 Å². The molecule has 0 unspecified atom stereocenters. The Labute approximate surface area is 181 Å². The van der Waals surface area contributed by atoms with E-state index in [9.17, 15) is 9.59 Å². The van der Waals surface area contributed by atoms with Gasteiger partial charge in [0.15, 0.2) is 0 Å². The average molecular weight is 421 g/mol. The van der Waals surface area contributed by atoms with Gasteiger partial charge in [-0.15, -0.1) is 0 Å². The number of benzene rings is 1. The molecule has 31 heavy (non-hydrogen) atoms. The molecule has 0 saturated carbocycles. The molecule has 1 aliphatic rings. The highest BCUT2D eigenvalue weighted by atomic mass is 16.5. The van der Waals surface area contributed by atoms with E-state index < -0.39 is 0 Å². The molecule has 0 atom stereocenters. The van der Waals surface area contributed by atoms with Crippen molar-refractivity contribution in [1.82, 2.24) is 14.5 Å². The van der Waals surface area contributed by atoms with Crippen LogP contribution >= 0.6 is 0 Å². The number of morpholine rings is 1. The number of unbranched alkanes of at least 4 members (excludes halogenated alkanes) is 1. The van der Waals surface area contributed by atoms with E-state index in [1.165, 1.54) is 12.7 Å². The Morgan fingerprint density at radius 1 is 1.10 bits per heavy atom. The summed E-state index contributed by atoms with van der Waals surface area (Å²) in [5.74, 6) is -0.293. The quantitative estimate of drug-likeness (QED) is 0.432. The number of carbonyl (C=O) groups excluding carboxylic acids is 2. The molecule has 0 aliphatic carbocycles. The van der Waals surface area contributed by atoms with Gasteiger partial charge in [-0.25, -0.2) is 4.79 Å². The fourth-order valence-corrected chi connectivity index (χ4v) is 3.94. The summed E-state index contributed by atoms with van der Waals surface area (Å²) in [6.45, 7) is 3.22. The smallest absolute Gasteiger partial charge is 0.337 e. The number of esters is 1. The van der Waals surface area contributed by atoms with Gasteiger partial charge in [-0.2, -0.15) is 0 Å². The molecule has 0 N–H and O–H groups in total. The van der Waals surface area contributed by atoms with Gasteiger partial charge in [-0.3, -0.25) is 9.78 Å². The SMILES string of the molecule is COC(=O)c1ccc(CCCCn2cc(C(=O)N3CCOCC3)c3ncccc32)cc1. The zero-order valence-electron chi connectivity index (χ0n) is 17.8. The largest absolute Gasteiger partial charge is 0.465 e. The monoisotopic (exact) mass is 421 g/mol. The number of fused-ring (bicyclic) bond motifs is 1. The number of aromatic nitrogens is 2. The number of ether oxygens (including phenoxy) is 2. The fraction of sp³-hybridized carbons (Fsp3) is 0.375. The van der Waals surface area contributed by atoms with E-state index in [0.29, 0.717) is 37.4 Å². The molecule has 1 saturated heterocycles. The summed E-state index contributed by atoms with van der Waals surface area (Å²) in [4.78, 5) is 30.9. The number of amides is 1. The van der Waals surface area contributed by atoms with Crippen LogP contribution in [0, 0.1) is 0 Å². The first-order chi connectivity index (χ1) is 15.2. The maximum Gasteiger partial charge on any atom is 0.337 e. The Morgan fingerprint density at radius 2 is 1.87 bits per heavy atom. The van der Waals surface area contributed by atoms with Crippen LogP contribution in [-0.2, 0) is 22.4 Å². The lowest BCUT2D eigenvalue weighted by Gasteiger charge is -2.26. The van der Waals surface area contributed by atoms with Gasteiger partial charge >= 0.3 is 5.97 Å². The highest BCUT2D eigenvalue weighted by molar-refractivity contribution is 6.05. The van der Waals surface area contributed by atoms with E-state index in [-0.39, 0.29) is 11.9 Å². The first-order valence-electron chi connectivity index (χ1n) is 10.7. The molecule has 1 amide bonds. The maximum atomic E-state index is 13.0. The summed E-state index contributed by atoms with van der Waals surface area (Å²) in [6, 6.07) is 11.5. The molecule has 1 fully saturated rings. The van der Waals surface area contributed by atoms with Crippen LogP contribution in [0.2, 0.25) is 0 Å². The van der Waals surface area contributed by atoms with Gasteiger partial charge in [0, 0.05) is 32.0 Å². The molecule has 2 aromatic heterocycles. The number of hydrogen-bond donors (Lipinski definition) is 0. The molecular formula is C24H27N3O4. The molecule has 162 valence electrons. The Morgan fingerprint density at radius 3 is 2.61 bits per heavy atom. The highest BCUT2D eigenvalue weighted by Gasteiger charge is 2.23. The summed E-state index contributed by atoms with van der Waals surface area (Å²) in [5.41, 5.74) is 4.17. The van der Waals surface area contributed by atoms with Crippen molar-refractivity contribution in [3.05, 3.63) is 65.5 Å². The first-order valence-corrected chi connectivity index (χ1v) is 10.7. The predicted octanol–water partition coefficient (Wildman–Crippen LogP) is 3.32. The molecule has 1 aliphatic heterocycles. The second-order valence-electron chi connectivity index (χ2n) is 7.66. The zero-order chi connectivity index (χ0) is 21.6. The van der Waals surface area contributed by atoms with Crippen molar-refractivity contribution >= 4 is 22.9 Å². The molecule has 7 heteroatoms. The summed E-state index contributed by atoms with van der Waals surface area (Å²) < 4.78 is 12.2. The summed E-state index contributed by atoms with van der Waals surface area (Å²) in [5, 5.41) is 0. The Balaban J connectivity index is 1.39. The molecule has 0 radical (unpaired) electrons. The van der Waals surface area contributed by atoms with Gasteiger partial charge in [-0.1, -0.05) is 12.1 Å². The number of carbonyl (C=O) groups is 2. The van der Waals surface area contributed by atoms with E-state index in [1.54, 1.807) is 18.3 Å². The zero-order valence-corrected chi connectivity index (χ0v) is 17.8. The van der Waals surface area contributed by atoms with Crippen molar-refractivity contribution in [3.63, 3.8) is 0 Å². The Bertz CT molecular complexity index is 1050. The molecule has 4 rings (SSSR count). The van der Waals surface area contributed by atoms with Crippen molar-refractivity contribution in [3.8, 4) is 0 Å². The lowest BCUT2D eigenvalue weighted by atomic mass is 10.1. The third kappa shape index (κ3) is 4.77. The van der Waals surface area contributed by atoms with Crippen molar-refractivity contribution in [2.45, 2.75) is 25.8 Å². The van der Waals surface area contributed by atoms with E-state index >= 15 is 0 Å². The average Bonchev–Trinajstić information content (AvgIpc) is 3.20. The van der Waals surface area contributed by atoms with Crippen molar-refractivity contribution in [2.75, 3.05) is 33.4 Å². The second kappa shape index (κ2) is 9.75. The van der Waals surface area contributed by atoms with Gasteiger partial charge in [0.05, 0.1) is 37.0 Å². The van der Waals surface area contributed by atoms with Crippen LogP contribution in [0.4, 0.5) is 0 Å². The third-order valence-electron chi connectivity index (χ3n) is 5.65. The van der Waals surface area contributed by atoms with E-state index in [2.05, 4.69) is 9.55 Å². The number of aryl methyl sites for hydroxylation is 2. The Kier molecular flexibility index (Phi) is 6.62. The van der Waals surface area contributed by atoms with Crippen LogP contribution in [-0.4, -0.2) is 59.7 Å². The third-order valence-corrected chi connectivity index (χ3v) is 5.65. The minimum Gasteiger partial charge on any atom is -0.465 e. The molecule has 3 heterocycles. The number of rotatable bonds is 7. The van der Waals surface area contributed by atoms with Crippen LogP contribution in [0.25, 0.3) is 11.0 Å². The fourth-order valence-electron chi connectivity index (χ4n) is 3.94. The second-order valence-corrected chi connectivity index (χ2v) is 7.66. The summed E-state index contributed by atoms with van der Waals surface area (Å²) in [6.07, 6.45) is 6.59. The van der Waals surface area contributed by atoms with Crippen LogP contribution in [0.15, 0.2) is 48.8 Å². The number of hydrogen-bond acceptors (Lipinski definition) is 5. The molecule has 3 aromatic rings. The van der Waals surface area contributed by atoms with Gasteiger partial charge in [-0.05, 0) is 49.1 Å². The van der Waals surface area contributed by atoms with Crippen LogP contribution in [0.3, 0.4) is 0 Å². The number of pyridine rings is 1. The van der Waals surface area contributed by atoms with Crippen LogP contribution in [0.5, 0.6) is 0 Å². The number of nitrogens with zero attached hydrogens (tertiary/aromatic N) is 3. The highest BCUT2D eigenvalue weighted by Crippen LogP contribution is 2.22. The van der Waals surface area contributed by atoms with Gasteiger partial charge < -0.3 is 18.9 Å². The minimum absolute atomic E-state index is 0.0245. The van der Waals surface area contributed by atoms with Crippen molar-refractivity contribution < 1.29 is 19.1 Å². The van der Waals surface area contributed by atoms with E-state index in [4.69, 9.17) is 9.47 Å². The van der Waals surface area contributed by atoms with Crippen LogP contribution < -0.4 is 0 Å². The molecule has 7 nitrogen and oxygen atoms in total. The van der Waals surface area contributed by atoms with Gasteiger partial charge in [0.25, 0.3) is 5.91 Å². The van der Waals surface area contributed by atoms with E-state index in [0.717, 1.165) is 36.8 Å². The lowest BCUT2D eigenvalue weighted by Crippen LogP contribution is -2.40. The normalized spacial score (nSPS) is 14.0. The van der Waals surface area contributed by atoms with E-state index in [1.807, 2.05) is 35.4 Å². The molecule has 1 aromatic carbocycles. The van der Waals surface area contributed by atoms with Gasteiger partial charge in [0.1, 0.15) is 5.52 Å². The standard InChI is InChI=1S/C24H27N3O4/c1-30-24(29)19-9-7-18(8-10-19)5-2-3-12-27-17-20(22-21(27)6-4-11-25-22)23(28)26-13-15-31-16-14-26/h4,6-11,17H,2-3,5,12-16H2,1H3. The summed E-state index contributed by atoms with van der Waals surface area (Å²) in [7, 11) is 1.39. The number of methoxy groups -OCH3 is 1. The summed E-state index contributed by atoms with van der Waals surface area (Å²) >= 11 is 0. The molecular weight excluding hydrogens is 394 g/mol.